The number of rotatable bonds is 5. The molecule has 6 heteroatoms. The van der Waals surface area contributed by atoms with Crippen LogP contribution in [-0.4, -0.2) is 79.1 Å². The van der Waals surface area contributed by atoms with Gasteiger partial charge in [0.1, 0.15) is 0 Å². The first kappa shape index (κ1) is 15.8. The van der Waals surface area contributed by atoms with E-state index in [2.05, 4.69) is 0 Å². The fourth-order valence-electron chi connectivity index (χ4n) is 2.34. The van der Waals surface area contributed by atoms with Crippen molar-refractivity contribution in [1.29, 1.82) is 0 Å². The summed E-state index contributed by atoms with van der Waals surface area (Å²) < 4.78 is 0. The van der Waals surface area contributed by atoms with Crippen LogP contribution in [0.15, 0.2) is 0 Å². The minimum atomic E-state index is -0.791. The smallest absolute Gasteiger partial charge is 0.319 e. The maximum atomic E-state index is 12.2. The number of carboxylic acids is 1. The summed E-state index contributed by atoms with van der Waals surface area (Å²) in [5, 5.41) is 9.32. The Morgan fingerprint density at radius 2 is 1.89 bits per heavy atom. The van der Waals surface area contributed by atoms with Gasteiger partial charge >= 0.3 is 12.0 Å². The highest BCUT2D eigenvalue weighted by molar-refractivity contribution is 5.79. The van der Waals surface area contributed by atoms with Gasteiger partial charge in [-0.2, -0.15) is 0 Å². The van der Waals surface area contributed by atoms with Gasteiger partial charge in [-0.05, 0) is 26.9 Å². The van der Waals surface area contributed by atoms with Crippen LogP contribution in [0.2, 0.25) is 0 Å². The molecule has 1 heterocycles. The van der Waals surface area contributed by atoms with Crippen LogP contribution < -0.4 is 0 Å². The third-order valence-corrected chi connectivity index (χ3v) is 3.96. The Morgan fingerprint density at radius 1 is 1.26 bits per heavy atom. The largest absolute Gasteiger partial charge is 0.481 e. The van der Waals surface area contributed by atoms with Gasteiger partial charge in [-0.3, -0.25) is 4.79 Å². The fourth-order valence-corrected chi connectivity index (χ4v) is 2.34. The molecule has 1 fully saturated rings. The van der Waals surface area contributed by atoms with Crippen molar-refractivity contribution in [2.75, 3.05) is 47.3 Å². The van der Waals surface area contributed by atoms with Crippen LogP contribution in [0.25, 0.3) is 0 Å². The molecule has 1 N–H and O–H groups in total. The third-order valence-electron chi connectivity index (χ3n) is 3.96. The van der Waals surface area contributed by atoms with Crippen LogP contribution in [-0.2, 0) is 4.79 Å². The summed E-state index contributed by atoms with van der Waals surface area (Å²) >= 11 is 0. The first-order chi connectivity index (χ1) is 8.82. The molecule has 1 saturated heterocycles. The Morgan fingerprint density at radius 3 is 2.32 bits per heavy atom. The summed E-state index contributed by atoms with van der Waals surface area (Å²) in [4.78, 5) is 28.9. The summed E-state index contributed by atoms with van der Waals surface area (Å²) in [6.07, 6.45) is 1.11. The molecule has 110 valence electrons. The van der Waals surface area contributed by atoms with Gasteiger partial charge in [-0.25, -0.2) is 4.79 Å². The summed E-state index contributed by atoms with van der Waals surface area (Å²) in [6, 6.07) is -0.0709. The molecular formula is C13H25N3O3. The van der Waals surface area contributed by atoms with E-state index < -0.39 is 11.4 Å². The van der Waals surface area contributed by atoms with E-state index in [-0.39, 0.29) is 6.03 Å². The molecule has 19 heavy (non-hydrogen) atoms. The molecule has 0 aromatic heterocycles. The molecule has 0 bridgehead atoms. The van der Waals surface area contributed by atoms with E-state index in [1.807, 2.05) is 25.9 Å². The molecule has 1 aliphatic rings. The minimum absolute atomic E-state index is 0.0709. The number of carbonyl (C=O) groups excluding carboxylic acids is 1. The van der Waals surface area contributed by atoms with Crippen molar-refractivity contribution in [3.63, 3.8) is 0 Å². The van der Waals surface area contributed by atoms with Crippen molar-refractivity contribution in [3.05, 3.63) is 0 Å². The van der Waals surface area contributed by atoms with Crippen molar-refractivity contribution < 1.29 is 14.7 Å². The summed E-state index contributed by atoms with van der Waals surface area (Å²) in [5.74, 6) is -0.791. The van der Waals surface area contributed by atoms with Gasteiger partial charge in [0, 0.05) is 33.2 Å². The maximum Gasteiger partial charge on any atom is 0.319 e. The van der Waals surface area contributed by atoms with Gasteiger partial charge in [-0.15, -0.1) is 0 Å². The lowest BCUT2D eigenvalue weighted by molar-refractivity contribution is -0.148. The Bertz CT molecular complexity index is 346. The van der Waals surface area contributed by atoms with Crippen LogP contribution in [0.5, 0.6) is 0 Å². The second-order valence-corrected chi connectivity index (χ2v) is 5.62. The van der Waals surface area contributed by atoms with Gasteiger partial charge in [0.2, 0.25) is 0 Å². The van der Waals surface area contributed by atoms with E-state index in [1.54, 1.807) is 16.8 Å². The number of likely N-dealkylation sites (tertiary alicyclic amines) is 1. The first-order valence-corrected chi connectivity index (χ1v) is 6.70. The number of urea groups is 1. The van der Waals surface area contributed by atoms with Gasteiger partial charge in [-0.1, -0.05) is 6.92 Å². The zero-order valence-electron chi connectivity index (χ0n) is 12.3. The number of aliphatic carboxylic acids is 1. The molecule has 6 nitrogen and oxygen atoms in total. The van der Waals surface area contributed by atoms with E-state index in [9.17, 15) is 14.7 Å². The molecular weight excluding hydrogens is 246 g/mol. The quantitative estimate of drug-likeness (QED) is 0.803. The SMILES string of the molecule is CCC1(C(=O)O)CCN(C(=O)N(C)CCN(C)C)C1. The van der Waals surface area contributed by atoms with Crippen molar-refractivity contribution in [2.24, 2.45) is 5.41 Å². The monoisotopic (exact) mass is 271 g/mol. The lowest BCUT2D eigenvalue weighted by Crippen LogP contribution is -2.44. The molecule has 1 atom stereocenters. The van der Waals surface area contributed by atoms with Crippen LogP contribution in [0.3, 0.4) is 0 Å². The highest BCUT2D eigenvalue weighted by Gasteiger charge is 2.45. The first-order valence-electron chi connectivity index (χ1n) is 6.70. The van der Waals surface area contributed by atoms with E-state index in [1.165, 1.54) is 0 Å². The number of hydrogen-bond acceptors (Lipinski definition) is 3. The zero-order valence-corrected chi connectivity index (χ0v) is 12.3. The highest BCUT2D eigenvalue weighted by atomic mass is 16.4. The predicted octanol–water partition coefficient (Wildman–Crippen LogP) is 0.787. The van der Waals surface area contributed by atoms with Crippen molar-refractivity contribution in [1.82, 2.24) is 14.7 Å². The summed E-state index contributed by atoms with van der Waals surface area (Å²) in [6.45, 7) is 4.18. The fraction of sp³-hybridized carbons (Fsp3) is 0.846. The predicted molar refractivity (Wildman–Crippen MR) is 73.1 cm³/mol. The second kappa shape index (κ2) is 6.23. The second-order valence-electron chi connectivity index (χ2n) is 5.62. The van der Waals surface area contributed by atoms with E-state index >= 15 is 0 Å². The Balaban J connectivity index is 2.58. The Kier molecular flexibility index (Phi) is 5.17. The lowest BCUT2D eigenvalue weighted by Gasteiger charge is -2.27. The molecule has 0 aromatic rings. The normalized spacial score (nSPS) is 22.9. The Hall–Kier alpha value is -1.30. The molecule has 0 radical (unpaired) electrons. The molecule has 1 aliphatic heterocycles. The van der Waals surface area contributed by atoms with Gasteiger partial charge in [0.15, 0.2) is 0 Å². The van der Waals surface area contributed by atoms with Crippen LogP contribution >= 0.6 is 0 Å². The van der Waals surface area contributed by atoms with Crippen LogP contribution in [0, 0.1) is 5.41 Å². The molecule has 1 unspecified atom stereocenters. The number of hydrogen-bond donors (Lipinski definition) is 1. The zero-order chi connectivity index (χ0) is 14.6. The number of likely N-dealkylation sites (N-methyl/N-ethyl adjacent to an activating group) is 2. The minimum Gasteiger partial charge on any atom is -0.481 e. The van der Waals surface area contributed by atoms with E-state index in [0.29, 0.717) is 32.5 Å². The number of carbonyl (C=O) groups is 2. The van der Waals surface area contributed by atoms with Gasteiger partial charge in [0.25, 0.3) is 0 Å². The van der Waals surface area contributed by atoms with E-state index in [4.69, 9.17) is 0 Å². The highest BCUT2D eigenvalue weighted by Crippen LogP contribution is 2.34. The molecule has 0 aliphatic carbocycles. The average molecular weight is 271 g/mol. The maximum absolute atomic E-state index is 12.2. The van der Waals surface area contributed by atoms with Crippen molar-refractivity contribution in [3.8, 4) is 0 Å². The number of nitrogens with zero attached hydrogens (tertiary/aromatic N) is 3. The van der Waals surface area contributed by atoms with Crippen molar-refractivity contribution >= 4 is 12.0 Å². The topological polar surface area (TPSA) is 64.1 Å². The standard InChI is InChI=1S/C13H25N3O3/c1-5-13(11(17)18)6-7-16(10-13)12(19)15(4)9-8-14(2)3/h5-10H2,1-4H3,(H,17,18). The molecule has 0 aromatic carbocycles. The summed E-state index contributed by atoms with van der Waals surface area (Å²) in [7, 11) is 5.68. The van der Waals surface area contributed by atoms with Crippen LogP contribution in [0.1, 0.15) is 19.8 Å². The number of carboxylic acid groups (broad SMARTS) is 1. The Labute approximate surface area is 115 Å². The van der Waals surface area contributed by atoms with Gasteiger partial charge < -0.3 is 19.8 Å². The lowest BCUT2D eigenvalue weighted by atomic mass is 9.84. The van der Waals surface area contributed by atoms with Gasteiger partial charge in [0.05, 0.1) is 5.41 Å². The van der Waals surface area contributed by atoms with E-state index in [0.717, 1.165) is 6.54 Å². The third kappa shape index (κ3) is 3.59. The molecule has 1 rings (SSSR count). The molecule has 2 amide bonds. The molecule has 0 saturated carbocycles. The number of amides is 2. The van der Waals surface area contributed by atoms with Crippen molar-refractivity contribution in [2.45, 2.75) is 19.8 Å². The average Bonchev–Trinajstić information content (AvgIpc) is 2.80. The summed E-state index contributed by atoms with van der Waals surface area (Å²) in [5.41, 5.74) is -0.752. The van der Waals surface area contributed by atoms with Crippen LogP contribution in [0.4, 0.5) is 4.79 Å². The molecule has 0 spiro atoms.